The zero-order chi connectivity index (χ0) is 17.8. The van der Waals surface area contributed by atoms with Crippen LogP contribution < -0.4 is 24.3 Å². The molecule has 0 saturated carbocycles. The van der Waals surface area contributed by atoms with Crippen LogP contribution in [0.2, 0.25) is 0 Å². The fraction of sp³-hybridized carbons (Fsp3) is 0.278. The number of amides is 1. The Morgan fingerprint density at radius 1 is 1.08 bits per heavy atom. The number of fused-ring (bicyclic) bond motifs is 1. The molecule has 0 aromatic heterocycles. The van der Waals surface area contributed by atoms with Crippen LogP contribution in [0.5, 0.6) is 23.0 Å². The number of halogens is 1. The number of nitrogens with one attached hydrogen (secondary N) is 1. The molecular formula is C18H18BrNO5. The molecule has 3 rings (SSSR count). The van der Waals surface area contributed by atoms with Crippen LogP contribution in [0.1, 0.15) is 5.56 Å². The van der Waals surface area contributed by atoms with E-state index in [0.717, 1.165) is 10.0 Å². The highest BCUT2D eigenvalue weighted by Gasteiger charge is 2.15. The van der Waals surface area contributed by atoms with E-state index in [2.05, 4.69) is 21.2 Å². The highest BCUT2D eigenvalue weighted by atomic mass is 79.9. The molecule has 0 saturated heterocycles. The van der Waals surface area contributed by atoms with Crippen molar-refractivity contribution in [3.63, 3.8) is 0 Å². The first kappa shape index (κ1) is 17.4. The van der Waals surface area contributed by atoms with Gasteiger partial charge in [-0.1, -0.05) is 15.9 Å². The number of rotatable bonds is 5. The summed E-state index contributed by atoms with van der Waals surface area (Å²) in [5, 5.41) is 2.87. The molecule has 6 nitrogen and oxygen atoms in total. The van der Waals surface area contributed by atoms with E-state index in [1.807, 2.05) is 0 Å². The number of ether oxygens (including phenoxy) is 4. The maximum Gasteiger partial charge on any atom is 0.228 e. The fourth-order valence-corrected chi connectivity index (χ4v) is 2.99. The molecule has 1 heterocycles. The van der Waals surface area contributed by atoms with Gasteiger partial charge in [-0.2, -0.15) is 0 Å². The Labute approximate surface area is 154 Å². The number of methoxy groups -OCH3 is 2. The summed E-state index contributed by atoms with van der Waals surface area (Å²) in [4.78, 5) is 12.4. The van der Waals surface area contributed by atoms with E-state index in [1.54, 1.807) is 44.6 Å². The van der Waals surface area contributed by atoms with Crippen LogP contribution in [-0.2, 0) is 11.2 Å². The van der Waals surface area contributed by atoms with E-state index in [-0.39, 0.29) is 12.3 Å². The maximum absolute atomic E-state index is 12.4. The molecule has 1 N–H and O–H groups in total. The van der Waals surface area contributed by atoms with Crippen molar-refractivity contribution in [2.45, 2.75) is 6.42 Å². The molecule has 1 aliphatic heterocycles. The molecular weight excluding hydrogens is 390 g/mol. The number of carbonyl (C=O) groups excluding carboxylic acids is 1. The van der Waals surface area contributed by atoms with Crippen molar-refractivity contribution in [3.8, 4) is 23.0 Å². The molecule has 0 aliphatic carbocycles. The van der Waals surface area contributed by atoms with Crippen molar-refractivity contribution in [3.05, 3.63) is 40.4 Å². The predicted octanol–water partition coefficient (Wildman–Crippen LogP) is 3.42. The van der Waals surface area contributed by atoms with Gasteiger partial charge < -0.3 is 24.3 Å². The van der Waals surface area contributed by atoms with Gasteiger partial charge in [-0.3, -0.25) is 4.79 Å². The summed E-state index contributed by atoms with van der Waals surface area (Å²) in [6, 6.07) is 8.90. The van der Waals surface area contributed by atoms with Crippen LogP contribution in [0.3, 0.4) is 0 Å². The van der Waals surface area contributed by atoms with Crippen LogP contribution >= 0.6 is 15.9 Å². The Balaban J connectivity index is 1.72. The first-order valence-corrected chi connectivity index (χ1v) is 8.50. The largest absolute Gasteiger partial charge is 0.493 e. The Bertz CT molecular complexity index is 793. The van der Waals surface area contributed by atoms with E-state index in [0.29, 0.717) is 41.9 Å². The van der Waals surface area contributed by atoms with Gasteiger partial charge >= 0.3 is 0 Å². The lowest BCUT2D eigenvalue weighted by atomic mass is 10.1. The Kier molecular flexibility index (Phi) is 5.33. The highest BCUT2D eigenvalue weighted by molar-refractivity contribution is 9.10. The predicted molar refractivity (Wildman–Crippen MR) is 97.0 cm³/mol. The number of carbonyl (C=O) groups is 1. The second-order valence-corrected chi connectivity index (χ2v) is 6.24. The molecule has 1 amide bonds. The van der Waals surface area contributed by atoms with Crippen LogP contribution in [0.25, 0.3) is 0 Å². The lowest BCUT2D eigenvalue weighted by molar-refractivity contribution is -0.115. The maximum atomic E-state index is 12.4. The monoisotopic (exact) mass is 407 g/mol. The SMILES string of the molecule is COc1cc(Br)c(CC(=O)Nc2ccc3c(c2)OCCO3)cc1OC. The summed E-state index contributed by atoms with van der Waals surface area (Å²) in [5.74, 6) is 2.35. The second-order valence-electron chi connectivity index (χ2n) is 5.38. The zero-order valence-corrected chi connectivity index (χ0v) is 15.5. The number of anilines is 1. The minimum Gasteiger partial charge on any atom is -0.493 e. The van der Waals surface area contributed by atoms with E-state index in [4.69, 9.17) is 18.9 Å². The molecule has 0 bridgehead atoms. The first-order valence-electron chi connectivity index (χ1n) is 7.70. The van der Waals surface area contributed by atoms with E-state index in [9.17, 15) is 4.79 Å². The summed E-state index contributed by atoms with van der Waals surface area (Å²) in [6.45, 7) is 1.04. The molecule has 132 valence electrons. The molecule has 7 heteroatoms. The fourth-order valence-electron chi connectivity index (χ4n) is 2.53. The summed E-state index contributed by atoms with van der Waals surface area (Å²) in [5.41, 5.74) is 1.46. The van der Waals surface area contributed by atoms with Gasteiger partial charge in [0, 0.05) is 16.2 Å². The summed E-state index contributed by atoms with van der Waals surface area (Å²) in [7, 11) is 3.13. The summed E-state index contributed by atoms with van der Waals surface area (Å²) < 4.78 is 22.3. The van der Waals surface area contributed by atoms with Crippen molar-refractivity contribution in [1.82, 2.24) is 0 Å². The van der Waals surface area contributed by atoms with Crippen molar-refractivity contribution < 1.29 is 23.7 Å². The van der Waals surface area contributed by atoms with Gasteiger partial charge in [0.1, 0.15) is 13.2 Å². The quantitative estimate of drug-likeness (QED) is 0.822. The molecule has 0 atom stereocenters. The minimum atomic E-state index is -0.149. The number of hydrogen-bond acceptors (Lipinski definition) is 5. The Morgan fingerprint density at radius 3 is 2.48 bits per heavy atom. The molecule has 25 heavy (non-hydrogen) atoms. The zero-order valence-electron chi connectivity index (χ0n) is 13.9. The van der Waals surface area contributed by atoms with Gasteiger partial charge in [-0.25, -0.2) is 0 Å². The third-order valence-electron chi connectivity index (χ3n) is 3.73. The molecule has 2 aromatic rings. The summed E-state index contributed by atoms with van der Waals surface area (Å²) >= 11 is 3.46. The van der Waals surface area contributed by atoms with E-state index >= 15 is 0 Å². The smallest absolute Gasteiger partial charge is 0.228 e. The van der Waals surface area contributed by atoms with Crippen LogP contribution in [0.4, 0.5) is 5.69 Å². The molecule has 0 unspecified atom stereocenters. The van der Waals surface area contributed by atoms with Crippen LogP contribution in [0.15, 0.2) is 34.8 Å². The van der Waals surface area contributed by atoms with E-state index < -0.39 is 0 Å². The average Bonchev–Trinajstić information content (AvgIpc) is 2.62. The first-order chi connectivity index (χ1) is 12.1. The van der Waals surface area contributed by atoms with Gasteiger partial charge in [0.15, 0.2) is 23.0 Å². The number of hydrogen-bond donors (Lipinski definition) is 1. The lowest BCUT2D eigenvalue weighted by Gasteiger charge is -2.19. The molecule has 0 fully saturated rings. The molecule has 1 aliphatic rings. The molecule has 0 radical (unpaired) electrons. The third kappa shape index (κ3) is 3.99. The highest BCUT2D eigenvalue weighted by Crippen LogP contribution is 2.34. The van der Waals surface area contributed by atoms with Crippen molar-refractivity contribution >= 4 is 27.5 Å². The van der Waals surface area contributed by atoms with Crippen molar-refractivity contribution in [1.29, 1.82) is 0 Å². The normalized spacial score (nSPS) is 12.4. The van der Waals surface area contributed by atoms with Gasteiger partial charge in [0.05, 0.1) is 20.6 Å². The van der Waals surface area contributed by atoms with Crippen LogP contribution in [0, 0.1) is 0 Å². The topological polar surface area (TPSA) is 66.0 Å². The van der Waals surface area contributed by atoms with Crippen LogP contribution in [-0.4, -0.2) is 33.3 Å². The number of benzene rings is 2. The van der Waals surface area contributed by atoms with Gasteiger partial charge in [-0.15, -0.1) is 0 Å². The summed E-state index contributed by atoms with van der Waals surface area (Å²) in [6.07, 6.45) is 0.190. The van der Waals surface area contributed by atoms with Crippen molar-refractivity contribution in [2.24, 2.45) is 0 Å². The van der Waals surface area contributed by atoms with E-state index in [1.165, 1.54) is 0 Å². The molecule has 0 spiro atoms. The minimum absolute atomic E-state index is 0.149. The van der Waals surface area contributed by atoms with Gasteiger partial charge in [0.2, 0.25) is 5.91 Å². The second kappa shape index (κ2) is 7.65. The van der Waals surface area contributed by atoms with Crippen molar-refractivity contribution in [2.75, 3.05) is 32.8 Å². The standard InChI is InChI=1S/C18H18BrNO5/c1-22-15-7-11(13(19)10-16(15)23-2)8-18(21)20-12-3-4-14-17(9-12)25-6-5-24-14/h3-4,7,9-10H,5-6,8H2,1-2H3,(H,20,21). The average molecular weight is 408 g/mol. The lowest BCUT2D eigenvalue weighted by Crippen LogP contribution is -2.17. The van der Waals surface area contributed by atoms with Gasteiger partial charge in [0.25, 0.3) is 0 Å². The molecule has 2 aromatic carbocycles. The van der Waals surface area contributed by atoms with Gasteiger partial charge in [-0.05, 0) is 29.8 Å². The Morgan fingerprint density at radius 2 is 1.76 bits per heavy atom. The Hall–Kier alpha value is -2.41. The third-order valence-corrected chi connectivity index (χ3v) is 4.47.